The number of benzene rings is 3. The van der Waals surface area contributed by atoms with Gasteiger partial charge in [-0.15, -0.1) is 0 Å². The van der Waals surface area contributed by atoms with Crippen LogP contribution >= 0.6 is 0 Å². The average molecular weight is 794 g/mol. The van der Waals surface area contributed by atoms with Crippen LogP contribution in [0, 0.1) is 0 Å². The van der Waals surface area contributed by atoms with Crippen LogP contribution in [0.2, 0.25) is 0 Å². The van der Waals surface area contributed by atoms with Crippen molar-refractivity contribution in [3.8, 4) is 0 Å². The molecule has 18 heteroatoms. The maximum atomic E-state index is 13.1. The summed E-state index contributed by atoms with van der Waals surface area (Å²) in [5.41, 5.74) is 2.17. The molecule has 18 nitrogen and oxygen atoms in total. The van der Waals surface area contributed by atoms with Crippen molar-refractivity contribution >= 4 is 36.2 Å². The number of alkyl carbamates (subject to hydrolysis) is 3. The lowest BCUT2D eigenvalue weighted by Crippen LogP contribution is -2.49. The number of hydrogen-bond donors (Lipinski definition) is 3. The number of amides is 3. The highest BCUT2D eigenvalue weighted by atomic mass is 16.8. The normalized spacial score (nSPS) is 19.5. The molecular weight excluding hydrogens is 750 g/mol. The van der Waals surface area contributed by atoms with Crippen molar-refractivity contribution in [2.45, 2.75) is 70.2 Å². The van der Waals surface area contributed by atoms with E-state index in [1.54, 1.807) is 92.7 Å². The van der Waals surface area contributed by atoms with Gasteiger partial charge >= 0.3 is 36.2 Å². The first-order valence-electron chi connectivity index (χ1n) is 17.8. The van der Waals surface area contributed by atoms with Gasteiger partial charge in [-0.25, -0.2) is 14.4 Å². The lowest BCUT2D eigenvalue weighted by atomic mass is 10.1. The summed E-state index contributed by atoms with van der Waals surface area (Å²) >= 11 is 0. The van der Waals surface area contributed by atoms with Crippen molar-refractivity contribution in [3.63, 3.8) is 0 Å². The Labute approximate surface area is 327 Å². The largest absolute Gasteiger partial charge is 0.460 e. The van der Waals surface area contributed by atoms with E-state index in [1.807, 2.05) is 12.1 Å². The molecule has 2 aliphatic rings. The Balaban J connectivity index is 1.20. The van der Waals surface area contributed by atoms with Crippen LogP contribution in [0.25, 0.3) is 0 Å². The third kappa shape index (κ3) is 13.8. The molecule has 0 saturated carbocycles. The number of carbonyl (C=O) groups excluding carboxylic acids is 6. The topological polar surface area (TPSA) is 222 Å². The number of fused-ring (bicyclic) bond motifs is 1. The summed E-state index contributed by atoms with van der Waals surface area (Å²) in [6.07, 6.45) is -9.07. The van der Waals surface area contributed by atoms with Crippen LogP contribution in [0.5, 0.6) is 0 Å². The standard InChI is InChI=1S/C39H43N3O15/c1-39(2)56-34-33(54-31(45)20-42-38(48)52-23-27-16-10-5-11-17-27)32(55-35(34)57-39)28(53-30(44)19-41-37(47)51-22-26-14-8-4-9-15-26)24-49-29(43)18-40-36(46)50-21-25-12-6-3-7-13-25/h3-17,28,32-35H,18-24H2,1-2H3,(H,40,46)(H,41,47)(H,42,48). The lowest BCUT2D eigenvalue weighted by molar-refractivity contribution is -0.234. The van der Waals surface area contributed by atoms with Gasteiger partial charge in [-0.3, -0.25) is 14.4 Å². The van der Waals surface area contributed by atoms with Gasteiger partial charge in [0.2, 0.25) is 0 Å². The van der Waals surface area contributed by atoms with Gasteiger partial charge in [0, 0.05) is 0 Å². The van der Waals surface area contributed by atoms with E-state index in [0.29, 0.717) is 5.56 Å². The van der Waals surface area contributed by atoms with Gasteiger partial charge in [-0.2, -0.15) is 0 Å². The summed E-state index contributed by atoms with van der Waals surface area (Å²) in [6.45, 7) is 0.473. The Kier molecular flexibility index (Phi) is 15.2. The number of ether oxygens (including phenoxy) is 9. The number of rotatable bonds is 17. The van der Waals surface area contributed by atoms with Crippen LogP contribution in [0.1, 0.15) is 30.5 Å². The highest BCUT2D eigenvalue weighted by molar-refractivity contribution is 5.79. The van der Waals surface area contributed by atoms with E-state index in [1.165, 1.54) is 0 Å². The molecule has 0 spiro atoms. The molecule has 0 aliphatic carbocycles. The van der Waals surface area contributed by atoms with Crippen molar-refractivity contribution in [1.82, 2.24) is 16.0 Å². The average Bonchev–Trinajstić information content (AvgIpc) is 3.69. The Morgan fingerprint density at radius 2 is 1.04 bits per heavy atom. The molecule has 304 valence electrons. The van der Waals surface area contributed by atoms with E-state index in [-0.39, 0.29) is 19.8 Å². The van der Waals surface area contributed by atoms with Crippen LogP contribution < -0.4 is 16.0 Å². The van der Waals surface area contributed by atoms with Crippen LogP contribution in [0.4, 0.5) is 14.4 Å². The zero-order valence-corrected chi connectivity index (χ0v) is 31.1. The highest BCUT2D eigenvalue weighted by Crippen LogP contribution is 2.40. The fraction of sp³-hybridized carbons (Fsp3) is 0.385. The molecule has 3 aromatic carbocycles. The van der Waals surface area contributed by atoms with Gasteiger partial charge in [0.25, 0.3) is 0 Å². The molecule has 3 N–H and O–H groups in total. The number of carbonyl (C=O) groups is 6. The third-order valence-corrected chi connectivity index (χ3v) is 8.12. The van der Waals surface area contributed by atoms with Gasteiger partial charge in [-0.1, -0.05) is 91.0 Å². The molecule has 0 bridgehead atoms. The predicted molar refractivity (Wildman–Crippen MR) is 193 cm³/mol. The molecule has 0 aromatic heterocycles. The molecule has 2 aliphatic heterocycles. The van der Waals surface area contributed by atoms with Crippen LogP contribution in [-0.2, 0) is 76.8 Å². The maximum absolute atomic E-state index is 13.1. The van der Waals surface area contributed by atoms with E-state index in [2.05, 4.69) is 16.0 Å². The van der Waals surface area contributed by atoms with Gasteiger partial charge in [-0.05, 0) is 30.5 Å². The lowest BCUT2D eigenvalue weighted by Gasteiger charge is -2.30. The van der Waals surface area contributed by atoms with Gasteiger partial charge < -0.3 is 58.6 Å². The molecule has 5 unspecified atom stereocenters. The quantitative estimate of drug-likeness (QED) is 0.132. The Morgan fingerprint density at radius 1 is 0.596 bits per heavy atom. The molecule has 3 aromatic rings. The Morgan fingerprint density at radius 3 is 1.51 bits per heavy atom. The van der Waals surface area contributed by atoms with Gasteiger partial charge in [0.15, 0.2) is 30.4 Å². The fourth-order valence-corrected chi connectivity index (χ4v) is 5.52. The number of esters is 3. The van der Waals surface area contributed by atoms with Crippen LogP contribution in [0.15, 0.2) is 91.0 Å². The molecule has 5 rings (SSSR count). The summed E-state index contributed by atoms with van der Waals surface area (Å²) in [5.74, 6) is -4.07. The first-order valence-corrected chi connectivity index (χ1v) is 17.8. The molecule has 3 amide bonds. The molecule has 57 heavy (non-hydrogen) atoms. The highest BCUT2D eigenvalue weighted by Gasteiger charge is 2.59. The minimum Gasteiger partial charge on any atom is -0.460 e. The zero-order chi connectivity index (χ0) is 40.6. The smallest absolute Gasteiger partial charge is 0.407 e. The van der Waals surface area contributed by atoms with Crippen molar-refractivity contribution in [1.29, 1.82) is 0 Å². The van der Waals surface area contributed by atoms with Crippen LogP contribution in [0.3, 0.4) is 0 Å². The molecule has 0 radical (unpaired) electrons. The summed E-state index contributed by atoms with van der Waals surface area (Å²) in [5, 5.41) is 6.86. The second-order valence-corrected chi connectivity index (χ2v) is 13.0. The molecule has 2 saturated heterocycles. The van der Waals surface area contributed by atoms with E-state index < -0.39 is 98.9 Å². The van der Waals surface area contributed by atoms with E-state index >= 15 is 0 Å². The summed E-state index contributed by atoms with van der Waals surface area (Å²) in [4.78, 5) is 75.7. The van der Waals surface area contributed by atoms with E-state index in [0.717, 1.165) is 11.1 Å². The number of nitrogens with one attached hydrogen (secondary N) is 3. The summed E-state index contributed by atoms with van der Waals surface area (Å²) in [7, 11) is 0. The maximum Gasteiger partial charge on any atom is 0.407 e. The Bertz CT molecular complexity index is 1810. The van der Waals surface area contributed by atoms with Gasteiger partial charge in [0.05, 0.1) is 0 Å². The minimum absolute atomic E-state index is 0.0413. The van der Waals surface area contributed by atoms with Crippen molar-refractivity contribution in [2.75, 3.05) is 26.2 Å². The zero-order valence-electron chi connectivity index (χ0n) is 31.1. The summed E-state index contributed by atoms with van der Waals surface area (Å²) in [6, 6.07) is 26.6. The monoisotopic (exact) mass is 793 g/mol. The van der Waals surface area contributed by atoms with Crippen molar-refractivity contribution < 1.29 is 71.4 Å². The van der Waals surface area contributed by atoms with E-state index in [4.69, 9.17) is 42.6 Å². The first kappa shape index (κ1) is 41.9. The van der Waals surface area contributed by atoms with Crippen molar-refractivity contribution in [3.05, 3.63) is 108 Å². The van der Waals surface area contributed by atoms with Gasteiger partial charge in [0.1, 0.15) is 52.2 Å². The van der Waals surface area contributed by atoms with E-state index in [9.17, 15) is 28.8 Å². The Hall–Kier alpha value is -6.24. The SMILES string of the molecule is CC1(C)OC2OC(C(COC(=O)CNC(=O)OCc3ccccc3)OC(=O)CNC(=O)OCc3ccccc3)C(OC(=O)CNC(=O)OCc3ccccc3)C2O1. The molecule has 2 heterocycles. The fourth-order valence-electron chi connectivity index (χ4n) is 5.52. The predicted octanol–water partition coefficient (Wildman–Crippen LogP) is 3.01. The van der Waals surface area contributed by atoms with Crippen LogP contribution in [-0.4, -0.2) is 98.9 Å². The number of hydrogen-bond acceptors (Lipinski definition) is 15. The second-order valence-electron chi connectivity index (χ2n) is 13.0. The first-order chi connectivity index (χ1) is 27.4. The molecule has 5 atom stereocenters. The molecule has 2 fully saturated rings. The minimum atomic E-state index is -1.49. The summed E-state index contributed by atoms with van der Waals surface area (Å²) < 4.78 is 49.8. The van der Waals surface area contributed by atoms with Crippen molar-refractivity contribution in [2.24, 2.45) is 0 Å². The third-order valence-electron chi connectivity index (χ3n) is 8.12. The molecular formula is C39H43N3O15. The second kappa shape index (κ2) is 20.6.